The first kappa shape index (κ1) is 25.3. The Labute approximate surface area is 198 Å². The number of anilines is 1. The van der Waals surface area contributed by atoms with Crippen LogP contribution in [0.2, 0.25) is 0 Å². The summed E-state index contributed by atoms with van der Waals surface area (Å²) < 4.78 is 50.2. The van der Waals surface area contributed by atoms with Crippen molar-refractivity contribution in [2.45, 2.75) is 6.10 Å². The van der Waals surface area contributed by atoms with Gasteiger partial charge in [0.25, 0.3) is 0 Å². The maximum atomic E-state index is 14.1. The molecule has 3 rings (SSSR count). The Morgan fingerprint density at radius 1 is 1.06 bits per heavy atom. The van der Waals surface area contributed by atoms with E-state index in [2.05, 4.69) is 10.0 Å². The van der Waals surface area contributed by atoms with E-state index in [1.54, 1.807) is 36.4 Å². The largest absolute Gasteiger partial charge is 0.506 e. The molecule has 0 heterocycles. The number of sulfonamides is 1. The number of phenolic OH excluding ortho intramolecular Hbond substituents is 1. The van der Waals surface area contributed by atoms with Gasteiger partial charge in [0, 0.05) is 18.7 Å². The van der Waals surface area contributed by atoms with Crippen molar-refractivity contribution in [3.63, 3.8) is 0 Å². The molecule has 0 aliphatic heterocycles. The van der Waals surface area contributed by atoms with Crippen LogP contribution in [0.15, 0.2) is 60.7 Å². The quantitative estimate of drug-likeness (QED) is 0.241. The van der Waals surface area contributed by atoms with E-state index in [9.17, 15) is 23.0 Å². The maximum absolute atomic E-state index is 14.1. The number of methoxy groups -OCH3 is 1. The second kappa shape index (κ2) is 11.2. The number of hydrogen-bond acceptors (Lipinski definition) is 7. The van der Waals surface area contributed by atoms with Gasteiger partial charge in [-0.25, -0.2) is 12.8 Å². The summed E-state index contributed by atoms with van der Waals surface area (Å²) in [7, 11) is -2.07. The van der Waals surface area contributed by atoms with Gasteiger partial charge in [0.05, 0.1) is 25.2 Å². The monoisotopic (exact) mass is 490 g/mol. The summed E-state index contributed by atoms with van der Waals surface area (Å²) in [6, 6.07) is 15.8. The molecule has 182 valence electrons. The Morgan fingerprint density at radius 2 is 1.82 bits per heavy atom. The standard InChI is InChI=1S/C24H27FN2O6S/c1-32-24-14-16(18-5-3-4-6-19(18)25)8-10-23(24)33-12-11-26-15-22(29)17-7-9-21(28)20(13-17)27-34(2,30)31/h3-10,13-14,22,26-29H,11-12,15H2,1-2H3/t22-/m0/s1. The molecule has 0 bridgehead atoms. The molecule has 0 aromatic heterocycles. The molecule has 0 aliphatic carbocycles. The predicted molar refractivity (Wildman–Crippen MR) is 128 cm³/mol. The highest BCUT2D eigenvalue weighted by molar-refractivity contribution is 7.92. The number of ether oxygens (including phenoxy) is 2. The molecule has 34 heavy (non-hydrogen) atoms. The van der Waals surface area contributed by atoms with Crippen LogP contribution in [-0.2, 0) is 10.0 Å². The molecule has 3 aromatic rings. The molecule has 0 radical (unpaired) electrons. The topological polar surface area (TPSA) is 117 Å². The summed E-state index contributed by atoms with van der Waals surface area (Å²) in [6.07, 6.45) is 0.0369. The van der Waals surface area contributed by atoms with E-state index in [-0.39, 0.29) is 30.4 Å². The summed E-state index contributed by atoms with van der Waals surface area (Å²) in [4.78, 5) is 0. The molecular weight excluding hydrogens is 463 g/mol. The van der Waals surface area contributed by atoms with Crippen LogP contribution in [0, 0.1) is 5.82 Å². The van der Waals surface area contributed by atoms with Gasteiger partial charge in [-0.1, -0.05) is 30.3 Å². The van der Waals surface area contributed by atoms with Crippen LogP contribution in [0.25, 0.3) is 11.1 Å². The van der Waals surface area contributed by atoms with E-state index in [0.29, 0.717) is 34.7 Å². The summed E-state index contributed by atoms with van der Waals surface area (Å²) in [5.74, 6) is 0.405. The minimum atomic E-state index is -3.57. The third kappa shape index (κ3) is 6.83. The first-order chi connectivity index (χ1) is 16.2. The lowest BCUT2D eigenvalue weighted by Gasteiger charge is -2.16. The Kier molecular flexibility index (Phi) is 8.32. The second-order valence-corrected chi connectivity index (χ2v) is 9.31. The lowest BCUT2D eigenvalue weighted by atomic mass is 10.0. The van der Waals surface area contributed by atoms with E-state index in [0.717, 1.165) is 6.26 Å². The summed E-state index contributed by atoms with van der Waals surface area (Å²) in [5, 5.41) is 23.2. The van der Waals surface area contributed by atoms with Crippen LogP contribution < -0.4 is 19.5 Å². The number of hydrogen-bond donors (Lipinski definition) is 4. The lowest BCUT2D eigenvalue weighted by molar-refractivity contribution is 0.171. The van der Waals surface area contributed by atoms with Gasteiger partial charge in [0.1, 0.15) is 18.2 Å². The Hall–Kier alpha value is -3.34. The van der Waals surface area contributed by atoms with E-state index in [1.165, 1.54) is 31.4 Å². The average molecular weight is 491 g/mol. The fourth-order valence-electron chi connectivity index (χ4n) is 3.28. The highest BCUT2D eigenvalue weighted by atomic mass is 32.2. The number of rotatable bonds is 11. The molecule has 0 spiro atoms. The van der Waals surface area contributed by atoms with E-state index in [1.807, 2.05) is 0 Å². The normalized spacial score (nSPS) is 12.2. The first-order valence-electron chi connectivity index (χ1n) is 10.4. The smallest absolute Gasteiger partial charge is 0.229 e. The molecule has 0 saturated carbocycles. The van der Waals surface area contributed by atoms with Gasteiger partial charge in [-0.3, -0.25) is 4.72 Å². The van der Waals surface area contributed by atoms with Gasteiger partial charge in [-0.05, 0) is 41.5 Å². The van der Waals surface area contributed by atoms with Gasteiger partial charge >= 0.3 is 0 Å². The van der Waals surface area contributed by atoms with Crippen LogP contribution in [0.5, 0.6) is 17.2 Å². The van der Waals surface area contributed by atoms with Crippen molar-refractivity contribution in [1.29, 1.82) is 0 Å². The van der Waals surface area contributed by atoms with Crippen LogP contribution in [0.4, 0.5) is 10.1 Å². The number of aliphatic hydroxyl groups is 1. The number of phenols is 1. The van der Waals surface area contributed by atoms with Crippen LogP contribution >= 0.6 is 0 Å². The molecular formula is C24H27FN2O6S. The van der Waals surface area contributed by atoms with Crippen LogP contribution in [0.3, 0.4) is 0 Å². The van der Waals surface area contributed by atoms with Crippen molar-refractivity contribution < 1.29 is 32.5 Å². The fraction of sp³-hybridized carbons (Fsp3) is 0.250. The molecule has 1 atom stereocenters. The predicted octanol–water partition coefficient (Wildman–Crippen LogP) is 3.28. The zero-order valence-corrected chi connectivity index (χ0v) is 19.6. The molecule has 8 nitrogen and oxygen atoms in total. The van der Waals surface area contributed by atoms with E-state index >= 15 is 0 Å². The Balaban J connectivity index is 1.53. The number of halogens is 1. The van der Waals surface area contributed by atoms with Gasteiger partial charge in [0.2, 0.25) is 10.0 Å². The molecule has 0 unspecified atom stereocenters. The van der Waals surface area contributed by atoms with Crippen LogP contribution in [-0.4, -0.2) is 51.7 Å². The van der Waals surface area contributed by atoms with Gasteiger partial charge in [-0.15, -0.1) is 0 Å². The minimum absolute atomic E-state index is 0.00620. The summed E-state index contributed by atoms with van der Waals surface area (Å²) in [6.45, 7) is 0.857. The van der Waals surface area contributed by atoms with Gasteiger partial charge in [-0.2, -0.15) is 0 Å². The molecule has 0 aliphatic rings. The highest BCUT2D eigenvalue weighted by Gasteiger charge is 2.13. The van der Waals surface area contributed by atoms with E-state index in [4.69, 9.17) is 9.47 Å². The van der Waals surface area contributed by atoms with Crippen LogP contribution in [0.1, 0.15) is 11.7 Å². The Bertz CT molecular complexity index is 1240. The van der Waals surface area contributed by atoms with Gasteiger partial charge in [0.15, 0.2) is 11.5 Å². The molecule has 0 amide bonds. The highest BCUT2D eigenvalue weighted by Crippen LogP contribution is 2.33. The minimum Gasteiger partial charge on any atom is -0.506 e. The molecule has 0 fully saturated rings. The third-order valence-corrected chi connectivity index (χ3v) is 5.51. The third-order valence-electron chi connectivity index (χ3n) is 4.92. The van der Waals surface area contributed by atoms with E-state index < -0.39 is 16.1 Å². The number of aromatic hydroxyl groups is 1. The number of aliphatic hydroxyl groups excluding tert-OH is 1. The van der Waals surface area contributed by atoms with Crippen molar-refractivity contribution in [3.8, 4) is 28.4 Å². The number of nitrogens with one attached hydrogen (secondary N) is 2. The number of benzene rings is 3. The second-order valence-electron chi connectivity index (χ2n) is 7.56. The van der Waals surface area contributed by atoms with Gasteiger partial charge < -0.3 is 25.0 Å². The molecule has 10 heteroatoms. The van der Waals surface area contributed by atoms with Crippen molar-refractivity contribution in [3.05, 3.63) is 72.0 Å². The lowest BCUT2D eigenvalue weighted by Crippen LogP contribution is -2.26. The molecule has 3 aromatic carbocycles. The SMILES string of the molecule is COc1cc(-c2ccccc2F)ccc1OCCNC[C@H](O)c1ccc(O)c(NS(C)(=O)=O)c1. The van der Waals surface area contributed by atoms with Crippen molar-refractivity contribution >= 4 is 15.7 Å². The average Bonchev–Trinajstić information content (AvgIpc) is 2.79. The summed E-state index contributed by atoms with van der Waals surface area (Å²) in [5.41, 5.74) is 1.56. The van der Waals surface area contributed by atoms with Crippen molar-refractivity contribution in [1.82, 2.24) is 5.32 Å². The first-order valence-corrected chi connectivity index (χ1v) is 12.3. The van der Waals surface area contributed by atoms with Crippen molar-refractivity contribution in [2.24, 2.45) is 0 Å². The Morgan fingerprint density at radius 3 is 2.53 bits per heavy atom. The van der Waals surface area contributed by atoms with Crippen molar-refractivity contribution in [2.75, 3.05) is 37.8 Å². The fourth-order valence-corrected chi connectivity index (χ4v) is 3.84. The molecule has 0 saturated heterocycles. The zero-order valence-electron chi connectivity index (χ0n) is 18.8. The summed E-state index contributed by atoms with van der Waals surface area (Å²) >= 11 is 0. The maximum Gasteiger partial charge on any atom is 0.229 e. The zero-order chi connectivity index (χ0) is 24.7. The molecule has 4 N–H and O–H groups in total.